The molecule has 1 amide bonds. The van der Waals surface area contributed by atoms with Crippen molar-refractivity contribution in [2.24, 2.45) is 0 Å². The highest BCUT2D eigenvalue weighted by molar-refractivity contribution is 5.92. The smallest absolute Gasteiger partial charge is 0.406 e. The average molecular weight is 327 g/mol. The zero-order valence-electron chi connectivity index (χ0n) is 11.3. The van der Waals surface area contributed by atoms with Crippen molar-refractivity contribution in [1.29, 1.82) is 0 Å². The molecule has 120 valence electrons. The summed E-state index contributed by atoms with van der Waals surface area (Å²) in [6.45, 7) is -0.717. The van der Waals surface area contributed by atoms with Gasteiger partial charge in [0.25, 0.3) is 5.91 Å². The van der Waals surface area contributed by atoms with Crippen molar-refractivity contribution in [3.63, 3.8) is 0 Å². The molecule has 2 rings (SSSR count). The second kappa shape index (κ2) is 6.73. The lowest BCUT2D eigenvalue weighted by molar-refractivity contribution is -0.390. The third-order valence-electron chi connectivity index (χ3n) is 2.59. The van der Waals surface area contributed by atoms with E-state index in [0.717, 1.165) is 6.07 Å². The van der Waals surface area contributed by atoms with Gasteiger partial charge < -0.3 is 20.2 Å². The molecule has 0 bridgehead atoms. The van der Waals surface area contributed by atoms with Gasteiger partial charge in [0.2, 0.25) is 5.75 Å². The van der Waals surface area contributed by atoms with Crippen molar-refractivity contribution in [3.05, 3.63) is 58.0 Å². The Balaban J connectivity index is 2.04. The van der Waals surface area contributed by atoms with Gasteiger partial charge in [-0.1, -0.05) is 0 Å². The number of carbonyl (C=O) groups is 1. The number of anilines is 1. The van der Waals surface area contributed by atoms with Gasteiger partial charge in [0.15, 0.2) is 24.1 Å². The third-order valence-corrected chi connectivity index (χ3v) is 2.59. The molecule has 1 aromatic heterocycles. The van der Waals surface area contributed by atoms with Gasteiger partial charge in [-0.05, 0) is 34.2 Å². The van der Waals surface area contributed by atoms with Crippen LogP contribution in [-0.2, 0) is 4.79 Å². The standard InChI is InChI=1S/C13H8F3N3O4/c14-7-3-4-8(12(16)11(7)15)18-10(20)6-23-9-2-1-5-17-13(9)19(21)22/h1-5H,6H2,(H,18,20). The minimum absolute atomic E-state index is 0.265. The summed E-state index contributed by atoms with van der Waals surface area (Å²) < 4.78 is 44.1. The molecular weight excluding hydrogens is 319 g/mol. The molecule has 0 atom stereocenters. The second-order valence-corrected chi connectivity index (χ2v) is 4.14. The van der Waals surface area contributed by atoms with Crippen molar-refractivity contribution in [3.8, 4) is 5.75 Å². The van der Waals surface area contributed by atoms with E-state index in [2.05, 4.69) is 4.98 Å². The molecule has 0 aliphatic rings. The van der Waals surface area contributed by atoms with Gasteiger partial charge in [-0.2, -0.15) is 0 Å². The topological polar surface area (TPSA) is 94.4 Å². The monoisotopic (exact) mass is 327 g/mol. The Morgan fingerprint density at radius 3 is 2.70 bits per heavy atom. The molecule has 0 saturated heterocycles. The number of hydrogen-bond donors (Lipinski definition) is 1. The van der Waals surface area contributed by atoms with Gasteiger partial charge in [-0.15, -0.1) is 0 Å². The number of aromatic nitrogens is 1. The lowest BCUT2D eigenvalue weighted by atomic mass is 10.3. The Labute approximate surface area is 126 Å². The molecular formula is C13H8F3N3O4. The van der Waals surface area contributed by atoms with Crippen LogP contribution in [0, 0.1) is 27.6 Å². The van der Waals surface area contributed by atoms with E-state index < -0.39 is 46.4 Å². The zero-order chi connectivity index (χ0) is 17.0. The molecule has 0 aliphatic heterocycles. The second-order valence-electron chi connectivity index (χ2n) is 4.14. The molecule has 7 nitrogen and oxygen atoms in total. The van der Waals surface area contributed by atoms with E-state index in [-0.39, 0.29) is 5.75 Å². The van der Waals surface area contributed by atoms with Crippen molar-refractivity contribution < 1.29 is 27.6 Å². The molecule has 0 aliphatic carbocycles. The fourth-order valence-corrected chi connectivity index (χ4v) is 1.58. The van der Waals surface area contributed by atoms with E-state index in [9.17, 15) is 28.1 Å². The SMILES string of the molecule is O=C(COc1cccnc1[N+](=O)[O-])Nc1ccc(F)c(F)c1F. The first-order valence-corrected chi connectivity index (χ1v) is 6.05. The van der Waals surface area contributed by atoms with E-state index in [1.165, 1.54) is 18.3 Å². The summed E-state index contributed by atoms with van der Waals surface area (Å²) in [6, 6.07) is 4.05. The van der Waals surface area contributed by atoms with E-state index in [0.29, 0.717) is 6.07 Å². The summed E-state index contributed by atoms with van der Waals surface area (Å²) in [5.41, 5.74) is -0.585. The lowest BCUT2D eigenvalue weighted by Crippen LogP contribution is -2.21. The van der Waals surface area contributed by atoms with Crippen LogP contribution in [0.4, 0.5) is 24.7 Å². The van der Waals surface area contributed by atoms with Gasteiger partial charge in [0.05, 0.1) is 5.69 Å². The number of nitrogens with zero attached hydrogens (tertiary/aromatic N) is 2. The summed E-state index contributed by atoms with van der Waals surface area (Å²) in [7, 11) is 0. The van der Waals surface area contributed by atoms with Crippen LogP contribution in [0.25, 0.3) is 0 Å². The summed E-state index contributed by atoms with van der Waals surface area (Å²) >= 11 is 0. The number of carbonyl (C=O) groups excluding carboxylic acids is 1. The maximum Gasteiger partial charge on any atom is 0.406 e. The van der Waals surface area contributed by atoms with Crippen molar-refractivity contribution in [1.82, 2.24) is 4.98 Å². The number of halogens is 3. The third kappa shape index (κ3) is 3.73. The number of ether oxygens (including phenoxy) is 1. The number of nitrogens with one attached hydrogen (secondary N) is 1. The Morgan fingerprint density at radius 2 is 2.00 bits per heavy atom. The van der Waals surface area contributed by atoms with E-state index in [1.54, 1.807) is 0 Å². The first kappa shape index (κ1) is 16.2. The normalized spacial score (nSPS) is 10.2. The van der Waals surface area contributed by atoms with Crippen LogP contribution in [-0.4, -0.2) is 22.4 Å². The average Bonchev–Trinajstić information content (AvgIpc) is 2.53. The van der Waals surface area contributed by atoms with Crippen LogP contribution in [0.2, 0.25) is 0 Å². The van der Waals surface area contributed by atoms with Crippen LogP contribution < -0.4 is 10.1 Å². The summed E-state index contributed by atoms with van der Waals surface area (Å²) in [6.07, 6.45) is 1.17. The molecule has 0 spiro atoms. The molecule has 0 unspecified atom stereocenters. The van der Waals surface area contributed by atoms with Crippen LogP contribution in [0.1, 0.15) is 0 Å². The maximum atomic E-state index is 13.4. The van der Waals surface area contributed by atoms with E-state index in [4.69, 9.17) is 4.74 Å². The Hall–Kier alpha value is -3.17. The quantitative estimate of drug-likeness (QED) is 0.517. The van der Waals surface area contributed by atoms with Crippen LogP contribution in [0.15, 0.2) is 30.5 Å². The van der Waals surface area contributed by atoms with Gasteiger partial charge >= 0.3 is 5.82 Å². The molecule has 0 fully saturated rings. The van der Waals surface area contributed by atoms with Gasteiger partial charge in [0, 0.05) is 0 Å². The Kier molecular flexibility index (Phi) is 4.74. The van der Waals surface area contributed by atoms with Crippen LogP contribution >= 0.6 is 0 Å². The molecule has 1 N–H and O–H groups in total. The van der Waals surface area contributed by atoms with E-state index >= 15 is 0 Å². The zero-order valence-corrected chi connectivity index (χ0v) is 11.3. The molecule has 1 aromatic carbocycles. The Morgan fingerprint density at radius 1 is 1.26 bits per heavy atom. The maximum absolute atomic E-state index is 13.4. The first-order chi connectivity index (χ1) is 10.9. The Bertz CT molecular complexity index is 770. The number of nitro groups is 1. The minimum atomic E-state index is -1.73. The molecule has 23 heavy (non-hydrogen) atoms. The van der Waals surface area contributed by atoms with Crippen LogP contribution in [0.5, 0.6) is 5.75 Å². The lowest BCUT2D eigenvalue weighted by Gasteiger charge is -2.08. The number of amides is 1. The van der Waals surface area contributed by atoms with Gasteiger partial charge in [0.1, 0.15) is 6.20 Å². The number of benzene rings is 1. The van der Waals surface area contributed by atoms with Gasteiger partial charge in [-0.3, -0.25) is 4.79 Å². The largest absolute Gasteiger partial charge is 0.476 e. The van der Waals surface area contributed by atoms with Crippen molar-refractivity contribution in [2.75, 3.05) is 11.9 Å². The number of rotatable bonds is 5. The van der Waals surface area contributed by atoms with Crippen LogP contribution in [0.3, 0.4) is 0 Å². The molecule has 0 saturated carbocycles. The predicted octanol–water partition coefficient (Wildman–Crippen LogP) is 2.42. The minimum Gasteiger partial charge on any atom is -0.476 e. The molecule has 2 aromatic rings. The van der Waals surface area contributed by atoms with E-state index in [1.807, 2.05) is 5.32 Å². The highest BCUT2D eigenvalue weighted by Crippen LogP contribution is 2.23. The number of pyridine rings is 1. The first-order valence-electron chi connectivity index (χ1n) is 6.05. The van der Waals surface area contributed by atoms with Crippen molar-refractivity contribution >= 4 is 17.4 Å². The highest BCUT2D eigenvalue weighted by Gasteiger charge is 2.18. The van der Waals surface area contributed by atoms with Gasteiger partial charge in [-0.25, -0.2) is 13.2 Å². The molecule has 10 heteroatoms. The summed E-state index contributed by atoms with van der Waals surface area (Å²) in [5.74, 6) is -6.48. The summed E-state index contributed by atoms with van der Waals surface area (Å²) in [4.78, 5) is 25.0. The predicted molar refractivity (Wildman–Crippen MR) is 71.3 cm³/mol. The number of hydrogen-bond acceptors (Lipinski definition) is 5. The molecule has 1 heterocycles. The molecule has 0 radical (unpaired) electrons. The van der Waals surface area contributed by atoms with Crippen molar-refractivity contribution in [2.45, 2.75) is 0 Å². The highest BCUT2D eigenvalue weighted by atomic mass is 19.2. The fourth-order valence-electron chi connectivity index (χ4n) is 1.58. The fraction of sp³-hybridized carbons (Fsp3) is 0.0769. The summed E-state index contributed by atoms with van der Waals surface area (Å²) in [5, 5.41) is 12.7.